The molecule has 1 unspecified atom stereocenters. The molecule has 1 fully saturated rings. The molecule has 23 heavy (non-hydrogen) atoms. The summed E-state index contributed by atoms with van der Waals surface area (Å²) < 4.78 is 0. The fraction of sp³-hybridized carbons (Fsp3) is 0.286. The van der Waals surface area contributed by atoms with Crippen molar-refractivity contribution in [2.45, 2.75) is 38.0 Å². The number of rotatable bonds is 5. The minimum atomic E-state index is -0.820. The van der Waals surface area contributed by atoms with Crippen LogP contribution < -0.4 is 0 Å². The van der Waals surface area contributed by atoms with Gasteiger partial charge in [-0.05, 0) is 47.9 Å². The van der Waals surface area contributed by atoms with Crippen molar-refractivity contribution in [1.29, 1.82) is 0 Å². The molecular weight excluding hydrogens is 284 g/mol. The maximum Gasteiger partial charge on any atom is 0.311 e. The molecule has 116 valence electrons. The maximum absolute atomic E-state index is 11.4. The van der Waals surface area contributed by atoms with Crippen molar-refractivity contribution in [3.05, 3.63) is 59.7 Å². The van der Waals surface area contributed by atoms with Crippen LogP contribution in [-0.2, 0) is 4.79 Å². The van der Waals surface area contributed by atoms with Crippen LogP contribution in [0.3, 0.4) is 0 Å². The first kappa shape index (κ1) is 15.4. The standard InChI is InChI=1S/C21H20O2/c1-2-3-6-20(21(22)23)17-13-11-16(12-14-17)19-8-5-4-7-18(19)15-9-10-15/h4-5,7-8,11-15,20H,6,9-10H2,1H3,(H,22,23). The predicted molar refractivity (Wildman–Crippen MR) is 92.3 cm³/mol. The van der Waals surface area contributed by atoms with Crippen LogP contribution in [0.4, 0.5) is 0 Å². The minimum Gasteiger partial charge on any atom is -0.481 e. The fourth-order valence-electron chi connectivity index (χ4n) is 2.96. The van der Waals surface area contributed by atoms with Gasteiger partial charge in [-0.3, -0.25) is 4.79 Å². The van der Waals surface area contributed by atoms with Gasteiger partial charge in [-0.1, -0.05) is 48.5 Å². The summed E-state index contributed by atoms with van der Waals surface area (Å²) in [6.07, 6.45) is 2.89. The molecular formula is C21H20O2. The van der Waals surface area contributed by atoms with Crippen LogP contribution in [0.5, 0.6) is 0 Å². The Labute approximate surface area is 137 Å². The van der Waals surface area contributed by atoms with E-state index in [4.69, 9.17) is 0 Å². The van der Waals surface area contributed by atoms with Gasteiger partial charge in [0.1, 0.15) is 0 Å². The summed E-state index contributed by atoms with van der Waals surface area (Å²) in [7, 11) is 0. The number of benzene rings is 2. The molecule has 3 rings (SSSR count). The van der Waals surface area contributed by atoms with Crippen LogP contribution in [0.1, 0.15) is 49.1 Å². The van der Waals surface area contributed by atoms with Crippen molar-refractivity contribution in [3.63, 3.8) is 0 Å². The molecule has 2 nitrogen and oxygen atoms in total. The van der Waals surface area contributed by atoms with Gasteiger partial charge in [0.15, 0.2) is 0 Å². The quantitative estimate of drug-likeness (QED) is 0.805. The Hall–Kier alpha value is -2.53. The molecule has 0 aromatic heterocycles. The lowest BCUT2D eigenvalue weighted by molar-refractivity contribution is -0.138. The monoisotopic (exact) mass is 304 g/mol. The average Bonchev–Trinajstić information content (AvgIpc) is 3.40. The summed E-state index contributed by atoms with van der Waals surface area (Å²) in [5.41, 5.74) is 4.64. The largest absolute Gasteiger partial charge is 0.481 e. The van der Waals surface area contributed by atoms with E-state index in [1.165, 1.54) is 24.0 Å². The van der Waals surface area contributed by atoms with Gasteiger partial charge < -0.3 is 5.11 Å². The van der Waals surface area contributed by atoms with Gasteiger partial charge in [0.05, 0.1) is 5.92 Å². The minimum absolute atomic E-state index is 0.351. The molecule has 1 atom stereocenters. The maximum atomic E-state index is 11.4. The van der Waals surface area contributed by atoms with Gasteiger partial charge in [0.2, 0.25) is 0 Å². The molecule has 0 radical (unpaired) electrons. The third kappa shape index (κ3) is 3.46. The fourth-order valence-corrected chi connectivity index (χ4v) is 2.96. The van der Waals surface area contributed by atoms with E-state index in [9.17, 15) is 9.90 Å². The highest BCUT2D eigenvalue weighted by Crippen LogP contribution is 2.44. The second-order valence-corrected chi connectivity index (χ2v) is 6.01. The van der Waals surface area contributed by atoms with Crippen molar-refractivity contribution in [2.24, 2.45) is 0 Å². The van der Waals surface area contributed by atoms with Gasteiger partial charge in [0.25, 0.3) is 0 Å². The predicted octanol–water partition coefficient (Wildman–Crippen LogP) is 4.81. The van der Waals surface area contributed by atoms with E-state index in [0.29, 0.717) is 12.3 Å². The van der Waals surface area contributed by atoms with Crippen molar-refractivity contribution in [3.8, 4) is 23.0 Å². The highest BCUT2D eigenvalue weighted by Gasteiger charge is 2.26. The van der Waals surface area contributed by atoms with Crippen LogP contribution in [-0.4, -0.2) is 11.1 Å². The highest BCUT2D eigenvalue weighted by atomic mass is 16.4. The van der Waals surface area contributed by atoms with Crippen LogP contribution in [0.25, 0.3) is 11.1 Å². The number of hydrogen-bond donors (Lipinski definition) is 1. The molecule has 1 saturated carbocycles. The summed E-state index contributed by atoms with van der Waals surface area (Å²) in [6.45, 7) is 1.73. The van der Waals surface area contributed by atoms with Gasteiger partial charge >= 0.3 is 5.97 Å². The Balaban J connectivity index is 1.89. The second-order valence-electron chi connectivity index (χ2n) is 6.01. The third-order valence-corrected chi connectivity index (χ3v) is 4.38. The van der Waals surface area contributed by atoms with E-state index in [1.54, 1.807) is 6.92 Å². The normalized spacial score (nSPS) is 14.7. The zero-order valence-electron chi connectivity index (χ0n) is 13.3. The van der Waals surface area contributed by atoms with Gasteiger partial charge in [0, 0.05) is 6.42 Å². The molecule has 0 saturated heterocycles. The first-order valence-corrected chi connectivity index (χ1v) is 8.02. The van der Waals surface area contributed by atoms with Crippen molar-refractivity contribution >= 4 is 5.97 Å². The van der Waals surface area contributed by atoms with Crippen LogP contribution in [0, 0.1) is 11.8 Å². The van der Waals surface area contributed by atoms with E-state index >= 15 is 0 Å². The molecule has 2 aromatic carbocycles. The molecule has 0 spiro atoms. The second kappa shape index (κ2) is 6.71. The van der Waals surface area contributed by atoms with E-state index < -0.39 is 11.9 Å². The van der Waals surface area contributed by atoms with Crippen LogP contribution in [0.15, 0.2) is 48.5 Å². The highest BCUT2D eigenvalue weighted by molar-refractivity contribution is 5.77. The number of carbonyl (C=O) groups is 1. The lowest BCUT2D eigenvalue weighted by atomic mass is 9.92. The molecule has 1 aliphatic rings. The molecule has 0 bridgehead atoms. The zero-order valence-corrected chi connectivity index (χ0v) is 13.3. The summed E-state index contributed by atoms with van der Waals surface area (Å²) >= 11 is 0. The molecule has 0 heterocycles. The van der Waals surface area contributed by atoms with Gasteiger partial charge in [-0.2, -0.15) is 0 Å². The summed E-state index contributed by atoms with van der Waals surface area (Å²) in [6, 6.07) is 16.4. The summed E-state index contributed by atoms with van der Waals surface area (Å²) in [5.74, 6) is 4.96. The van der Waals surface area contributed by atoms with Gasteiger partial charge in [-0.25, -0.2) is 0 Å². The van der Waals surface area contributed by atoms with Crippen molar-refractivity contribution in [2.75, 3.05) is 0 Å². The first-order chi connectivity index (χ1) is 11.2. The number of aliphatic carboxylic acids is 1. The Morgan fingerprint density at radius 2 is 1.87 bits per heavy atom. The van der Waals surface area contributed by atoms with Crippen molar-refractivity contribution in [1.82, 2.24) is 0 Å². The molecule has 1 aliphatic carbocycles. The average molecular weight is 304 g/mol. The first-order valence-electron chi connectivity index (χ1n) is 8.02. The van der Waals surface area contributed by atoms with E-state index in [2.05, 4.69) is 36.1 Å². The topological polar surface area (TPSA) is 37.3 Å². The van der Waals surface area contributed by atoms with Crippen LogP contribution in [0.2, 0.25) is 0 Å². The Morgan fingerprint density at radius 1 is 1.17 bits per heavy atom. The third-order valence-electron chi connectivity index (χ3n) is 4.38. The number of carboxylic acids is 1. The number of carboxylic acid groups (broad SMARTS) is 1. The van der Waals surface area contributed by atoms with Crippen molar-refractivity contribution < 1.29 is 9.90 Å². The lowest BCUT2D eigenvalue weighted by Crippen LogP contribution is -2.10. The van der Waals surface area contributed by atoms with E-state index in [0.717, 1.165) is 11.1 Å². The Kier molecular flexibility index (Phi) is 4.48. The smallest absolute Gasteiger partial charge is 0.311 e. The summed E-state index contributed by atoms with van der Waals surface area (Å²) in [5, 5.41) is 9.40. The summed E-state index contributed by atoms with van der Waals surface area (Å²) in [4.78, 5) is 11.4. The molecule has 2 aromatic rings. The number of hydrogen-bond acceptors (Lipinski definition) is 1. The van der Waals surface area contributed by atoms with E-state index in [-0.39, 0.29) is 0 Å². The van der Waals surface area contributed by atoms with E-state index in [1.807, 2.05) is 24.3 Å². The lowest BCUT2D eigenvalue weighted by Gasteiger charge is -2.12. The molecule has 2 heteroatoms. The molecule has 1 N–H and O–H groups in total. The zero-order chi connectivity index (χ0) is 16.2. The molecule has 0 aliphatic heterocycles. The molecule has 0 amide bonds. The Bertz CT molecular complexity index is 758. The Morgan fingerprint density at radius 3 is 2.48 bits per heavy atom. The van der Waals surface area contributed by atoms with Gasteiger partial charge in [-0.15, -0.1) is 11.8 Å². The SMILES string of the molecule is CC#CCC(C(=O)O)c1ccc(-c2ccccc2C2CC2)cc1. The van der Waals surface area contributed by atoms with Crippen LogP contribution >= 0.6 is 0 Å².